The number of thiazole rings is 1. The molecule has 0 saturated carbocycles. The number of hydrogen-bond acceptors (Lipinski definition) is 4. The van der Waals surface area contributed by atoms with Crippen molar-refractivity contribution < 1.29 is 4.79 Å². The Hall–Kier alpha value is -1.10. The van der Waals surface area contributed by atoms with Crippen LogP contribution in [0.1, 0.15) is 41.6 Å². The van der Waals surface area contributed by atoms with Gasteiger partial charge in [-0.2, -0.15) is 0 Å². The summed E-state index contributed by atoms with van der Waals surface area (Å²) in [5.41, 5.74) is 6.38. The van der Waals surface area contributed by atoms with E-state index in [1.807, 2.05) is 11.8 Å². The quantitative estimate of drug-likeness (QED) is 0.859. The Kier molecular flexibility index (Phi) is 3.14. The molecule has 0 bridgehead atoms. The number of nitrogens with zero attached hydrogens (tertiary/aromatic N) is 2. The average Bonchev–Trinajstić information content (AvgIpc) is 2.83. The first-order valence-electron chi connectivity index (χ1n) is 5.67. The van der Waals surface area contributed by atoms with Gasteiger partial charge in [0.15, 0.2) is 5.13 Å². The maximum Gasteiger partial charge on any atom is 0.266 e. The Bertz CT molecular complexity index is 402. The van der Waals surface area contributed by atoms with E-state index in [0.29, 0.717) is 16.1 Å². The van der Waals surface area contributed by atoms with Crippen LogP contribution in [0.25, 0.3) is 0 Å². The minimum Gasteiger partial charge on any atom is -0.375 e. The Morgan fingerprint density at radius 3 is 3.00 bits per heavy atom. The molecule has 0 radical (unpaired) electrons. The highest BCUT2D eigenvalue weighted by Crippen LogP contribution is 2.27. The van der Waals surface area contributed by atoms with Crippen LogP contribution in [0.2, 0.25) is 0 Å². The van der Waals surface area contributed by atoms with E-state index in [4.69, 9.17) is 5.73 Å². The third kappa shape index (κ3) is 1.91. The van der Waals surface area contributed by atoms with Gasteiger partial charge in [-0.05, 0) is 26.2 Å². The number of anilines is 1. The Balaban J connectivity index is 2.21. The summed E-state index contributed by atoms with van der Waals surface area (Å²) in [6, 6.07) is 0.398. The predicted molar refractivity (Wildman–Crippen MR) is 65.6 cm³/mol. The minimum absolute atomic E-state index is 0.107. The van der Waals surface area contributed by atoms with Gasteiger partial charge in [0.1, 0.15) is 4.88 Å². The molecule has 4 nitrogen and oxygen atoms in total. The number of carbonyl (C=O) groups excluding carboxylic acids is 1. The molecule has 0 aliphatic carbocycles. The fourth-order valence-corrected chi connectivity index (χ4v) is 3.06. The molecule has 2 N–H and O–H groups in total. The summed E-state index contributed by atoms with van der Waals surface area (Å²) in [5.74, 6) is 0.107. The zero-order valence-corrected chi connectivity index (χ0v) is 10.5. The summed E-state index contributed by atoms with van der Waals surface area (Å²) in [5, 5.41) is 0.480. The number of nitrogen functional groups attached to an aromatic ring is 1. The molecule has 2 rings (SSSR count). The summed E-state index contributed by atoms with van der Waals surface area (Å²) < 4.78 is 0. The van der Waals surface area contributed by atoms with Gasteiger partial charge in [0, 0.05) is 12.6 Å². The first-order valence-corrected chi connectivity index (χ1v) is 6.49. The van der Waals surface area contributed by atoms with Crippen molar-refractivity contribution in [3.05, 3.63) is 10.6 Å². The molecule has 2 heterocycles. The van der Waals surface area contributed by atoms with Crippen LogP contribution in [0.3, 0.4) is 0 Å². The van der Waals surface area contributed by atoms with Crippen LogP contribution in [-0.2, 0) is 0 Å². The molecule has 5 heteroatoms. The third-order valence-electron chi connectivity index (χ3n) is 3.12. The standard InChI is InChI=1S/C11H17N3OS/c1-3-8-5-4-6-14(8)10(15)9-7(2)13-11(12)16-9/h8H,3-6H2,1-2H3,(H2,12,13). The Morgan fingerprint density at radius 2 is 2.44 bits per heavy atom. The zero-order valence-electron chi connectivity index (χ0n) is 9.69. The number of aromatic nitrogens is 1. The molecule has 88 valence electrons. The highest BCUT2D eigenvalue weighted by atomic mass is 32.1. The minimum atomic E-state index is 0.107. The van der Waals surface area contributed by atoms with E-state index >= 15 is 0 Å². The topological polar surface area (TPSA) is 59.2 Å². The molecule has 1 saturated heterocycles. The highest BCUT2D eigenvalue weighted by Gasteiger charge is 2.30. The molecule has 0 aromatic carbocycles. The third-order valence-corrected chi connectivity index (χ3v) is 4.09. The van der Waals surface area contributed by atoms with Gasteiger partial charge in [-0.1, -0.05) is 18.3 Å². The van der Waals surface area contributed by atoms with Crippen molar-refractivity contribution >= 4 is 22.4 Å². The molecule has 1 fully saturated rings. The molecule has 16 heavy (non-hydrogen) atoms. The van der Waals surface area contributed by atoms with E-state index in [0.717, 1.165) is 31.5 Å². The zero-order chi connectivity index (χ0) is 11.7. The fraction of sp³-hybridized carbons (Fsp3) is 0.636. The first-order chi connectivity index (χ1) is 7.63. The van der Waals surface area contributed by atoms with E-state index in [-0.39, 0.29) is 5.91 Å². The molecule has 1 aliphatic heterocycles. The van der Waals surface area contributed by atoms with Gasteiger partial charge in [-0.3, -0.25) is 4.79 Å². The van der Waals surface area contributed by atoms with Gasteiger partial charge in [0.2, 0.25) is 0 Å². The second-order valence-corrected chi connectivity index (χ2v) is 5.20. The van der Waals surface area contributed by atoms with Crippen LogP contribution in [0.5, 0.6) is 0 Å². The molecule has 1 aromatic heterocycles. The lowest BCUT2D eigenvalue weighted by Gasteiger charge is -2.23. The molecular weight excluding hydrogens is 222 g/mol. The van der Waals surface area contributed by atoms with Crippen LogP contribution >= 0.6 is 11.3 Å². The molecule has 1 atom stereocenters. The molecule has 0 spiro atoms. The molecule has 1 aromatic rings. The second kappa shape index (κ2) is 4.41. The lowest BCUT2D eigenvalue weighted by molar-refractivity contribution is 0.0737. The van der Waals surface area contributed by atoms with Crippen molar-refractivity contribution in [3.63, 3.8) is 0 Å². The number of nitrogens with two attached hydrogens (primary N) is 1. The average molecular weight is 239 g/mol. The Labute approximate surface area is 99.5 Å². The number of amides is 1. The van der Waals surface area contributed by atoms with Crippen LogP contribution in [0.15, 0.2) is 0 Å². The number of likely N-dealkylation sites (tertiary alicyclic amines) is 1. The fourth-order valence-electron chi connectivity index (χ4n) is 2.27. The van der Waals surface area contributed by atoms with Gasteiger partial charge in [-0.15, -0.1) is 0 Å². The van der Waals surface area contributed by atoms with Crippen molar-refractivity contribution in [2.75, 3.05) is 12.3 Å². The number of hydrogen-bond donors (Lipinski definition) is 1. The van der Waals surface area contributed by atoms with Crippen molar-refractivity contribution in [1.82, 2.24) is 9.88 Å². The van der Waals surface area contributed by atoms with Gasteiger partial charge >= 0.3 is 0 Å². The molecule has 1 aliphatic rings. The maximum atomic E-state index is 12.3. The summed E-state index contributed by atoms with van der Waals surface area (Å²) in [6.07, 6.45) is 3.26. The van der Waals surface area contributed by atoms with Crippen LogP contribution in [0, 0.1) is 6.92 Å². The SMILES string of the molecule is CCC1CCCN1C(=O)c1sc(N)nc1C. The molecular formula is C11H17N3OS. The number of rotatable bonds is 2. The Morgan fingerprint density at radius 1 is 1.69 bits per heavy atom. The predicted octanol–water partition coefficient (Wildman–Crippen LogP) is 2.05. The lowest BCUT2D eigenvalue weighted by Crippen LogP contribution is -2.34. The van der Waals surface area contributed by atoms with E-state index in [1.54, 1.807) is 0 Å². The highest BCUT2D eigenvalue weighted by molar-refractivity contribution is 7.17. The van der Waals surface area contributed by atoms with Gasteiger partial charge in [0.25, 0.3) is 5.91 Å². The monoisotopic (exact) mass is 239 g/mol. The van der Waals surface area contributed by atoms with Crippen LogP contribution in [-0.4, -0.2) is 28.4 Å². The normalized spacial score (nSPS) is 20.4. The van der Waals surface area contributed by atoms with Crippen molar-refractivity contribution in [2.24, 2.45) is 0 Å². The summed E-state index contributed by atoms with van der Waals surface area (Å²) >= 11 is 1.30. The smallest absolute Gasteiger partial charge is 0.266 e. The number of carbonyl (C=O) groups is 1. The molecule has 1 unspecified atom stereocenters. The molecule has 1 amide bonds. The van der Waals surface area contributed by atoms with Crippen molar-refractivity contribution in [1.29, 1.82) is 0 Å². The van der Waals surface area contributed by atoms with Crippen LogP contribution in [0.4, 0.5) is 5.13 Å². The van der Waals surface area contributed by atoms with Crippen molar-refractivity contribution in [3.8, 4) is 0 Å². The summed E-state index contributed by atoms with van der Waals surface area (Å²) in [7, 11) is 0. The summed E-state index contributed by atoms with van der Waals surface area (Å²) in [4.78, 5) is 19.1. The van der Waals surface area contributed by atoms with Gasteiger partial charge < -0.3 is 10.6 Å². The maximum absolute atomic E-state index is 12.3. The van der Waals surface area contributed by atoms with E-state index in [9.17, 15) is 4.79 Å². The lowest BCUT2D eigenvalue weighted by atomic mass is 10.1. The van der Waals surface area contributed by atoms with Gasteiger partial charge in [0.05, 0.1) is 5.69 Å². The van der Waals surface area contributed by atoms with Crippen LogP contribution < -0.4 is 5.73 Å². The van der Waals surface area contributed by atoms with E-state index in [2.05, 4.69) is 11.9 Å². The number of aryl methyl sites for hydroxylation is 1. The summed E-state index contributed by atoms with van der Waals surface area (Å²) in [6.45, 7) is 4.84. The van der Waals surface area contributed by atoms with Gasteiger partial charge in [-0.25, -0.2) is 4.98 Å². The van der Waals surface area contributed by atoms with E-state index < -0.39 is 0 Å². The second-order valence-electron chi connectivity index (χ2n) is 4.17. The van der Waals surface area contributed by atoms with E-state index in [1.165, 1.54) is 11.3 Å². The first kappa shape index (κ1) is 11.4. The largest absolute Gasteiger partial charge is 0.375 e. The van der Waals surface area contributed by atoms with Crippen molar-refractivity contribution in [2.45, 2.75) is 39.2 Å².